The maximum Gasteiger partial charge on any atom is 0.319 e. The number of hydrogen-bond donors (Lipinski definition) is 2. The summed E-state index contributed by atoms with van der Waals surface area (Å²) in [5.41, 5.74) is 4.55. The Hall–Kier alpha value is -3.08. The van der Waals surface area contributed by atoms with Gasteiger partial charge in [0.2, 0.25) is 5.89 Å². The Kier molecular flexibility index (Phi) is 4.84. The molecule has 1 heterocycles. The molecule has 0 radical (unpaired) electrons. The molecule has 0 fully saturated rings. The normalized spacial score (nSPS) is 10.5. The number of benzene rings is 2. The highest BCUT2D eigenvalue weighted by Crippen LogP contribution is 2.21. The highest BCUT2D eigenvalue weighted by atomic mass is 16.4. The first-order valence-electron chi connectivity index (χ1n) is 8.17. The number of aryl methyl sites for hydroxylation is 3. The SMILES string of the molecule is Cc1ccc(C)c(NC(=O)NCc2nc(-c3ccccc3)oc2C)c1. The van der Waals surface area contributed by atoms with Crippen LogP contribution in [0.5, 0.6) is 0 Å². The topological polar surface area (TPSA) is 67.2 Å². The number of oxazole rings is 1. The van der Waals surface area contributed by atoms with Gasteiger partial charge in [-0.25, -0.2) is 9.78 Å². The fraction of sp³-hybridized carbons (Fsp3) is 0.200. The van der Waals surface area contributed by atoms with Crippen LogP contribution in [0.15, 0.2) is 52.9 Å². The molecular weight excluding hydrogens is 314 g/mol. The highest BCUT2D eigenvalue weighted by Gasteiger charge is 2.12. The second-order valence-corrected chi connectivity index (χ2v) is 6.01. The van der Waals surface area contributed by atoms with Crippen LogP contribution in [0.2, 0.25) is 0 Å². The van der Waals surface area contributed by atoms with E-state index in [4.69, 9.17) is 4.42 Å². The summed E-state index contributed by atoms with van der Waals surface area (Å²) in [6.07, 6.45) is 0. The lowest BCUT2D eigenvalue weighted by molar-refractivity contribution is 0.251. The standard InChI is InChI=1S/C20H21N3O2/c1-13-9-10-14(2)17(11-13)23-20(24)21-12-18-15(3)25-19(22-18)16-7-5-4-6-8-16/h4-11H,12H2,1-3H3,(H2,21,23,24). The first-order valence-corrected chi connectivity index (χ1v) is 8.17. The summed E-state index contributed by atoms with van der Waals surface area (Å²) in [5, 5.41) is 5.70. The minimum Gasteiger partial charge on any atom is -0.441 e. The molecule has 2 aromatic carbocycles. The molecule has 3 rings (SSSR count). The summed E-state index contributed by atoms with van der Waals surface area (Å²) in [5.74, 6) is 1.26. The van der Waals surface area contributed by atoms with Gasteiger partial charge < -0.3 is 15.1 Å². The van der Waals surface area contributed by atoms with Gasteiger partial charge in [-0.3, -0.25) is 0 Å². The van der Waals surface area contributed by atoms with Gasteiger partial charge in [0.25, 0.3) is 0 Å². The van der Waals surface area contributed by atoms with Gasteiger partial charge in [-0.1, -0.05) is 30.3 Å². The highest BCUT2D eigenvalue weighted by molar-refractivity contribution is 5.90. The molecule has 25 heavy (non-hydrogen) atoms. The van der Waals surface area contributed by atoms with Crippen LogP contribution in [0, 0.1) is 20.8 Å². The molecular formula is C20H21N3O2. The quantitative estimate of drug-likeness (QED) is 0.733. The van der Waals surface area contributed by atoms with E-state index in [-0.39, 0.29) is 6.03 Å². The van der Waals surface area contributed by atoms with Crippen LogP contribution in [0.1, 0.15) is 22.6 Å². The van der Waals surface area contributed by atoms with Crippen LogP contribution in [0.3, 0.4) is 0 Å². The number of anilines is 1. The van der Waals surface area contributed by atoms with Gasteiger partial charge in [0.05, 0.1) is 6.54 Å². The zero-order valence-electron chi connectivity index (χ0n) is 14.6. The van der Waals surface area contributed by atoms with Crippen LogP contribution < -0.4 is 10.6 Å². The Bertz CT molecular complexity index is 885. The molecule has 2 amide bonds. The van der Waals surface area contributed by atoms with Gasteiger partial charge in [0.1, 0.15) is 11.5 Å². The first kappa shape index (κ1) is 16.8. The molecule has 0 aliphatic heterocycles. The van der Waals surface area contributed by atoms with Gasteiger partial charge in [-0.15, -0.1) is 0 Å². The zero-order chi connectivity index (χ0) is 17.8. The van der Waals surface area contributed by atoms with Crippen LogP contribution in [-0.4, -0.2) is 11.0 Å². The fourth-order valence-corrected chi connectivity index (χ4v) is 2.50. The summed E-state index contributed by atoms with van der Waals surface area (Å²) < 4.78 is 5.70. The number of nitrogens with one attached hydrogen (secondary N) is 2. The molecule has 128 valence electrons. The fourth-order valence-electron chi connectivity index (χ4n) is 2.50. The Balaban J connectivity index is 1.64. The van der Waals surface area contributed by atoms with Gasteiger partial charge in [-0.05, 0) is 50.1 Å². The lowest BCUT2D eigenvalue weighted by Gasteiger charge is -2.10. The zero-order valence-corrected chi connectivity index (χ0v) is 14.6. The second-order valence-electron chi connectivity index (χ2n) is 6.01. The average Bonchev–Trinajstić information content (AvgIpc) is 2.98. The van der Waals surface area contributed by atoms with E-state index in [1.54, 1.807) is 0 Å². The average molecular weight is 335 g/mol. The minimum atomic E-state index is -0.266. The molecule has 0 saturated carbocycles. The maximum absolute atomic E-state index is 12.2. The van der Waals surface area contributed by atoms with Crippen molar-refractivity contribution in [1.29, 1.82) is 0 Å². The Labute approximate surface area is 147 Å². The van der Waals surface area contributed by atoms with Crippen LogP contribution in [-0.2, 0) is 6.54 Å². The van der Waals surface area contributed by atoms with E-state index >= 15 is 0 Å². The molecule has 0 aliphatic carbocycles. The number of aromatic nitrogens is 1. The molecule has 0 atom stereocenters. The van der Waals surface area contributed by atoms with E-state index in [2.05, 4.69) is 15.6 Å². The molecule has 0 saturated heterocycles. The summed E-state index contributed by atoms with van der Waals surface area (Å²) in [6, 6.07) is 15.4. The number of urea groups is 1. The first-order chi connectivity index (χ1) is 12.0. The summed E-state index contributed by atoms with van der Waals surface area (Å²) in [7, 11) is 0. The molecule has 1 aromatic heterocycles. The largest absolute Gasteiger partial charge is 0.441 e. The Morgan fingerprint density at radius 1 is 1.08 bits per heavy atom. The van der Waals surface area contributed by atoms with Crippen molar-refractivity contribution in [1.82, 2.24) is 10.3 Å². The van der Waals surface area contributed by atoms with Gasteiger partial charge in [-0.2, -0.15) is 0 Å². The molecule has 5 nitrogen and oxygen atoms in total. The van der Waals surface area contributed by atoms with Crippen molar-refractivity contribution < 1.29 is 9.21 Å². The number of nitrogens with zero attached hydrogens (tertiary/aromatic N) is 1. The molecule has 0 bridgehead atoms. The Morgan fingerprint density at radius 2 is 1.84 bits per heavy atom. The number of carbonyl (C=O) groups excluding carboxylic acids is 1. The Morgan fingerprint density at radius 3 is 2.60 bits per heavy atom. The van der Waals surface area contributed by atoms with Gasteiger partial charge >= 0.3 is 6.03 Å². The predicted molar refractivity (Wildman–Crippen MR) is 98.5 cm³/mol. The molecule has 0 aliphatic rings. The summed E-state index contributed by atoms with van der Waals surface area (Å²) in [6.45, 7) is 6.10. The molecule has 0 spiro atoms. The third-order valence-corrected chi connectivity index (χ3v) is 3.97. The third-order valence-electron chi connectivity index (χ3n) is 3.97. The number of hydrogen-bond acceptors (Lipinski definition) is 3. The summed E-state index contributed by atoms with van der Waals surface area (Å²) >= 11 is 0. The second kappa shape index (κ2) is 7.21. The molecule has 2 N–H and O–H groups in total. The lowest BCUT2D eigenvalue weighted by Crippen LogP contribution is -2.28. The third kappa shape index (κ3) is 4.07. The number of rotatable bonds is 4. The van der Waals surface area contributed by atoms with Crippen molar-refractivity contribution in [2.75, 3.05) is 5.32 Å². The van der Waals surface area contributed by atoms with Crippen LogP contribution in [0.4, 0.5) is 10.5 Å². The van der Waals surface area contributed by atoms with Crippen LogP contribution >= 0.6 is 0 Å². The van der Waals surface area contributed by atoms with Crippen molar-refractivity contribution >= 4 is 11.7 Å². The van der Waals surface area contributed by atoms with Crippen molar-refractivity contribution in [3.63, 3.8) is 0 Å². The number of carbonyl (C=O) groups is 1. The van der Waals surface area contributed by atoms with Crippen molar-refractivity contribution in [2.45, 2.75) is 27.3 Å². The van der Waals surface area contributed by atoms with E-state index in [0.29, 0.717) is 18.2 Å². The smallest absolute Gasteiger partial charge is 0.319 e. The maximum atomic E-state index is 12.2. The lowest BCUT2D eigenvalue weighted by atomic mass is 10.1. The van der Waals surface area contributed by atoms with E-state index in [0.717, 1.165) is 28.1 Å². The predicted octanol–water partition coefficient (Wildman–Crippen LogP) is 4.59. The van der Waals surface area contributed by atoms with E-state index in [1.807, 2.05) is 69.3 Å². The van der Waals surface area contributed by atoms with Crippen LogP contribution in [0.25, 0.3) is 11.5 Å². The summed E-state index contributed by atoms with van der Waals surface area (Å²) in [4.78, 5) is 16.6. The molecule has 5 heteroatoms. The number of amides is 2. The minimum absolute atomic E-state index is 0.266. The molecule has 3 aromatic rings. The van der Waals surface area contributed by atoms with Crippen molar-refractivity contribution in [3.05, 3.63) is 71.1 Å². The van der Waals surface area contributed by atoms with Gasteiger partial charge in [0.15, 0.2) is 0 Å². The van der Waals surface area contributed by atoms with E-state index in [9.17, 15) is 4.79 Å². The molecule has 0 unspecified atom stereocenters. The van der Waals surface area contributed by atoms with E-state index < -0.39 is 0 Å². The van der Waals surface area contributed by atoms with Crippen molar-refractivity contribution in [2.24, 2.45) is 0 Å². The van der Waals surface area contributed by atoms with Gasteiger partial charge in [0, 0.05) is 11.3 Å². The van der Waals surface area contributed by atoms with E-state index in [1.165, 1.54) is 0 Å². The van der Waals surface area contributed by atoms with Crippen molar-refractivity contribution in [3.8, 4) is 11.5 Å². The monoisotopic (exact) mass is 335 g/mol.